The van der Waals surface area contributed by atoms with Gasteiger partial charge in [-0.3, -0.25) is 0 Å². The van der Waals surface area contributed by atoms with Crippen molar-refractivity contribution in [2.75, 3.05) is 33.4 Å². The SMILES string of the molecule is CN(CCCCCO)CC(O)CO. The van der Waals surface area contributed by atoms with Gasteiger partial charge in [0.05, 0.1) is 12.7 Å². The molecule has 0 aliphatic rings. The molecule has 0 saturated heterocycles. The number of rotatable bonds is 8. The molecule has 0 aliphatic carbocycles. The Bertz CT molecular complexity index is 111. The first kappa shape index (κ1) is 12.8. The van der Waals surface area contributed by atoms with Gasteiger partial charge in [-0.05, 0) is 32.9 Å². The summed E-state index contributed by atoms with van der Waals surface area (Å²) in [6.45, 7) is 1.48. The minimum atomic E-state index is -0.636. The Hall–Kier alpha value is -0.160. The first-order valence-electron chi connectivity index (χ1n) is 4.79. The van der Waals surface area contributed by atoms with Crippen molar-refractivity contribution in [1.29, 1.82) is 0 Å². The molecule has 4 heteroatoms. The zero-order valence-electron chi connectivity index (χ0n) is 8.32. The van der Waals surface area contributed by atoms with Gasteiger partial charge in [-0.15, -0.1) is 0 Å². The maximum Gasteiger partial charge on any atom is 0.0897 e. The summed E-state index contributed by atoms with van der Waals surface area (Å²) in [5, 5.41) is 26.2. The summed E-state index contributed by atoms with van der Waals surface area (Å²) < 4.78 is 0. The van der Waals surface area contributed by atoms with E-state index >= 15 is 0 Å². The van der Waals surface area contributed by atoms with Crippen molar-refractivity contribution in [2.24, 2.45) is 0 Å². The molecule has 80 valence electrons. The van der Waals surface area contributed by atoms with Gasteiger partial charge >= 0.3 is 0 Å². The Balaban J connectivity index is 3.24. The van der Waals surface area contributed by atoms with Gasteiger partial charge in [0.2, 0.25) is 0 Å². The molecule has 0 aliphatic heterocycles. The van der Waals surface area contributed by atoms with Gasteiger partial charge < -0.3 is 20.2 Å². The molecule has 0 spiro atoms. The quantitative estimate of drug-likeness (QED) is 0.450. The van der Waals surface area contributed by atoms with Gasteiger partial charge in [0, 0.05) is 13.2 Å². The summed E-state index contributed by atoms with van der Waals surface area (Å²) in [6.07, 6.45) is 2.24. The predicted octanol–water partition coefficient (Wildman–Crippen LogP) is -0.566. The number of likely N-dealkylation sites (N-methyl/N-ethyl adjacent to an activating group) is 1. The van der Waals surface area contributed by atoms with Crippen LogP contribution >= 0.6 is 0 Å². The van der Waals surface area contributed by atoms with Crippen LogP contribution in [0.5, 0.6) is 0 Å². The van der Waals surface area contributed by atoms with E-state index in [1.165, 1.54) is 0 Å². The molecular weight excluding hydrogens is 170 g/mol. The van der Waals surface area contributed by atoms with Crippen LogP contribution in [0.15, 0.2) is 0 Å². The van der Waals surface area contributed by atoms with Crippen LogP contribution in [-0.2, 0) is 0 Å². The van der Waals surface area contributed by atoms with E-state index in [0.717, 1.165) is 25.8 Å². The highest BCUT2D eigenvalue weighted by Gasteiger charge is 2.05. The second-order valence-electron chi connectivity index (χ2n) is 3.38. The van der Waals surface area contributed by atoms with Crippen molar-refractivity contribution >= 4 is 0 Å². The average Bonchev–Trinajstić information content (AvgIpc) is 2.12. The normalized spacial score (nSPS) is 13.6. The van der Waals surface area contributed by atoms with Gasteiger partial charge in [-0.2, -0.15) is 0 Å². The van der Waals surface area contributed by atoms with Crippen LogP contribution in [0.1, 0.15) is 19.3 Å². The largest absolute Gasteiger partial charge is 0.396 e. The molecule has 0 heterocycles. The number of aliphatic hydroxyl groups is 3. The van der Waals surface area contributed by atoms with Gasteiger partial charge in [0.1, 0.15) is 0 Å². The fourth-order valence-electron chi connectivity index (χ4n) is 1.18. The fraction of sp³-hybridized carbons (Fsp3) is 1.00. The van der Waals surface area contributed by atoms with Crippen LogP contribution in [0.25, 0.3) is 0 Å². The molecule has 0 radical (unpaired) electrons. The van der Waals surface area contributed by atoms with Crippen LogP contribution in [0.4, 0.5) is 0 Å². The Morgan fingerprint density at radius 2 is 1.85 bits per heavy atom. The molecule has 0 aromatic heterocycles. The third-order valence-electron chi connectivity index (χ3n) is 1.93. The number of hydrogen-bond acceptors (Lipinski definition) is 4. The smallest absolute Gasteiger partial charge is 0.0897 e. The summed E-state index contributed by atoms with van der Waals surface area (Å²) >= 11 is 0. The molecule has 0 bridgehead atoms. The average molecular weight is 191 g/mol. The van der Waals surface area contributed by atoms with Gasteiger partial charge in [0.25, 0.3) is 0 Å². The third kappa shape index (κ3) is 8.18. The van der Waals surface area contributed by atoms with E-state index in [2.05, 4.69) is 0 Å². The first-order valence-corrected chi connectivity index (χ1v) is 4.79. The molecule has 0 amide bonds. The fourth-order valence-corrected chi connectivity index (χ4v) is 1.18. The maximum atomic E-state index is 9.10. The summed E-state index contributed by atoms with van der Waals surface area (Å²) in [5.41, 5.74) is 0. The van der Waals surface area contributed by atoms with Crippen molar-refractivity contribution in [3.63, 3.8) is 0 Å². The highest BCUT2D eigenvalue weighted by atomic mass is 16.3. The Labute approximate surface area is 79.8 Å². The van der Waals surface area contributed by atoms with Gasteiger partial charge in [0.15, 0.2) is 0 Å². The van der Waals surface area contributed by atoms with E-state index in [4.69, 9.17) is 15.3 Å². The third-order valence-corrected chi connectivity index (χ3v) is 1.93. The van der Waals surface area contributed by atoms with Gasteiger partial charge in [-0.1, -0.05) is 0 Å². The highest BCUT2D eigenvalue weighted by Crippen LogP contribution is 1.97. The molecule has 0 saturated carbocycles. The van der Waals surface area contributed by atoms with Crippen LogP contribution < -0.4 is 0 Å². The molecule has 3 N–H and O–H groups in total. The monoisotopic (exact) mass is 191 g/mol. The van der Waals surface area contributed by atoms with Crippen molar-refractivity contribution < 1.29 is 15.3 Å². The van der Waals surface area contributed by atoms with Crippen LogP contribution in [0, 0.1) is 0 Å². The van der Waals surface area contributed by atoms with Crippen molar-refractivity contribution in [1.82, 2.24) is 4.90 Å². The number of aliphatic hydroxyl groups excluding tert-OH is 3. The van der Waals surface area contributed by atoms with E-state index in [9.17, 15) is 0 Å². The van der Waals surface area contributed by atoms with Gasteiger partial charge in [-0.25, -0.2) is 0 Å². The molecule has 0 rings (SSSR count). The number of nitrogens with zero attached hydrogens (tertiary/aromatic N) is 1. The lowest BCUT2D eigenvalue weighted by Crippen LogP contribution is -2.32. The zero-order valence-corrected chi connectivity index (χ0v) is 8.32. The summed E-state index contributed by atoms with van der Waals surface area (Å²) in [5.74, 6) is 0. The highest BCUT2D eigenvalue weighted by molar-refractivity contribution is 4.59. The summed E-state index contributed by atoms with van der Waals surface area (Å²) in [7, 11) is 1.91. The molecule has 1 atom stereocenters. The summed E-state index contributed by atoms with van der Waals surface area (Å²) in [6, 6.07) is 0. The molecule has 0 fully saturated rings. The molecular formula is C9H21NO3. The van der Waals surface area contributed by atoms with E-state index in [1.807, 2.05) is 11.9 Å². The lowest BCUT2D eigenvalue weighted by molar-refractivity contribution is 0.0661. The Morgan fingerprint density at radius 3 is 2.38 bits per heavy atom. The molecule has 0 aromatic rings. The van der Waals surface area contributed by atoms with E-state index in [0.29, 0.717) is 6.54 Å². The first-order chi connectivity index (χ1) is 6.20. The summed E-state index contributed by atoms with van der Waals surface area (Å²) in [4.78, 5) is 1.98. The van der Waals surface area contributed by atoms with E-state index in [-0.39, 0.29) is 13.2 Å². The topological polar surface area (TPSA) is 63.9 Å². The number of hydrogen-bond donors (Lipinski definition) is 3. The second kappa shape index (κ2) is 8.44. The van der Waals surface area contributed by atoms with Crippen LogP contribution in [0.2, 0.25) is 0 Å². The zero-order chi connectivity index (χ0) is 10.1. The minimum Gasteiger partial charge on any atom is -0.396 e. The molecule has 4 nitrogen and oxygen atoms in total. The molecule has 13 heavy (non-hydrogen) atoms. The molecule has 1 unspecified atom stereocenters. The lowest BCUT2D eigenvalue weighted by atomic mass is 10.2. The van der Waals surface area contributed by atoms with Crippen molar-refractivity contribution in [2.45, 2.75) is 25.4 Å². The Morgan fingerprint density at radius 1 is 1.15 bits per heavy atom. The second-order valence-corrected chi connectivity index (χ2v) is 3.38. The minimum absolute atomic E-state index is 0.180. The molecule has 0 aromatic carbocycles. The van der Waals surface area contributed by atoms with Crippen LogP contribution in [-0.4, -0.2) is 59.7 Å². The predicted molar refractivity (Wildman–Crippen MR) is 51.5 cm³/mol. The van der Waals surface area contributed by atoms with Crippen molar-refractivity contribution in [3.05, 3.63) is 0 Å². The van der Waals surface area contributed by atoms with E-state index < -0.39 is 6.10 Å². The van der Waals surface area contributed by atoms with Crippen LogP contribution in [0.3, 0.4) is 0 Å². The van der Waals surface area contributed by atoms with E-state index in [1.54, 1.807) is 0 Å². The number of unbranched alkanes of at least 4 members (excludes halogenated alkanes) is 2. The lowest BCUT2D eigenvalue weighted by Gasteiger charge is -2.18. The maximum absolute atomic E-state index is 9.10. The standard InChI is InChI=1S/C9H21NO3/c1-10(7-9(13)8-12)5-3-2-4-6-11/h9,11-13H,2-8H2,1H3. The van der Waals surface area contributed by atoms with Crippen molar-refractivity contribution in [3.8, 4) is 0 Å². The Kier molecular flexibility index (Phi) is 8.33.